The minimum absolute atomic E-state index is 0.0431. The van der Waals surface area contributed by atoms with E-state index >= 15 is 0 Å². The molecule has 22 heavy (non-hydrogen) atoms. The van der Waals surface area contributed by atoms with Gasteiger partial charge in [0.1, 0.15) is 0 Å². The van der Waals surface area contributed by atoms with E-state index in [1.165, 1.54) is 11.3 Å². The van der Waals surface area contributed by atoms with Crippen LogP contribution < -0.4 is 5.32 Å². The van der Waals surface area contributed by atoms with E-state index in [1.54, 1.807) is 4.90 Å². The number of thiazole rings is 1. The zero-order valence-corrected chi connectivity index (χ0v) is 14.6. The second kappa shape index (κ2) is 5.19. The minimum atomic E-state index is -2.90. The van der Waals surface area contributed by atoms with Gasteiger partial charge in [-0.2, -0.15) is 0 Å². The van der Waals surface area contributed by atoms with Gasteiger partial charge in [-0.15, -0.1) is 11.3 Å². The van der Waals surface area contributed by atoms with Gasteiger partial charge in [-0.1, -0.05) is 20.8 Å². The predicted molar refractivity (Wildman–Crippen MR) is 87.0 cm³/mol. The fourth-order valence-electron chi connectivity index (χ4n) is 3.05. The Labute approximate surface area is 134 Å². The first-order valence-corrected chi connectivity index (χ1v) is 10.1. The summed E-state index contributed by atoms with van der Waals surface area (Å²) in [6.45, 7) is 7.28. The Morgan fingerprint density at radius 1 is 1.32 bits per heavy atom. The van der Waals surface area contributed by atoms with Gasteiger partial charge in [0, 0.05) is 23.9 Å². The number of carbonyl (C=O) groups is 1. The molecule has 1 N–H and O–H groups in total. The maximum atomic E-state index is 12.3. The Morgan fingerprint density at radius 2 is 1.91 bits per heavy atom. The van der Waals surface area contributed by atoms with Gasteiger partial charge in [-0.25, -0.2) is 18.2 Å². The van der Waals surface area contributed by atoms with Crippen LogP contribution in [-0.4, -0.2) is 48.9 Å². The van der Waals surface area contributed by atoms with Crippen LogP contribution in [0.4, 0.5) is 9.93 Å². The van der Waals surface area contributed by atoms with Crippen molar-refractivity contribution < 1.29 is 13.2 Å². The van der Waals surface area contributed by atoms with Crippen molar-refractivity contribution in [2.45, 2.75) is 26.2 Å². The third-order valence-corrected chi connectivity index (χ3v) is 6.92. The van der Waals surface area contributed by atoms with Crippen molar-refractivity contribution in [3.8, 4) is 0 Å². The third kappa shape index (κ3) is 3.12. The molecule has 0 saturated carbocycles. The third-order valence-electron chi connectivity index (χ3n) is 4.29. The zero-order valence-electron chi connectivity index (χ0n) is 13.0. The van der Waals surface area contributed by atoms with Crippen LogP contribution in [0.3, 0.4) is 0 Å². The fourth-order valence-corrected chi connectivity index (χ4v) is 6.17. The van der Waals surface area contributed by atoms with E-state index in [0.717, 1.165) is 5.69 Å². The highest BCUT2D eigenvalue weighted by molar-refractivity contribution is 7.91. The number of nitrogens with zero attached hydrogens (tertiary/aromatic N) is 2. The number of hydrogen-bond donors (Lipinski definition) is 1. The molecular formula is C14H21N3O3S2. The lowest BCUT2D eigenvalue weighted by atomic mass is 9.93. The van der Waals surface area contributed by atoms with Crippen LogP contribution in [0.15, 0.2) is 5.38 Å². The lowest BCUT2D eigenvalue weighted by Crippen LogP contribution is -2.34. The van der Waals surface area contributed by atoms with Gasteiger partial charge in [0.25, 0.3) is 0 Å². The van der Waals surface area contributed by atoms with Gasteiger partial charge in [0.15, 0.2) is 15.0 Å². The monoisotopic (exact) mass is 343 g/mol. The van der Waals surface area contributed by atoms with E-state index < -0.39 is 9.84 Å². The van der Waals surface area contributed by atoms with E-state index in [1.807, 2.05) is 5.38 Å². The SMILES string of the molecule is CC(C)(C)c1csc(NC(=O)N2C[C@@H]3CS(=O)(=O)C[C@@H]3C2)n1. The Hall–Kier alpha value is -1.15. The van der Waals surface area contributed by atoms with Crippen molar-refractivity contribution in [1.82, 2.24) is 9.88 Å². The smallest absolute Gasteiger partial charge is 0.323 e. The average molecular weight is 343 g/mol. The molecule has 0 aliphatic carbocycles. The average Bonchev–Trinajstić information content (AvgIpc) is 3.00. The van der Waals surface area contributed by atoms with Gasteiger partial charge in [-0.05, 0) is 11.8 Å². The van der Waals surface area contributed by atoms with Crippen molar-refractivity contribution in [1.29, 1.82) is 0 Å². The number of amides is 2. The van der Waals surface area contributed by atoms with Crippen molar-refractivity contribution in [2.24, 2.45) is 11.8 Å². The maximum Gasteiger partial charge on any atom is 0.323 e. The number of carbonyl (C=O) groups excluding carboxylic acids is 1. The van der Waals surface area contributed by atoms with Crippen molar-refractivity contribution in [3.05, 3.63) is 11.1 Å². The van der Waals surface area contributed by atoms with E-state index in [2.05, 4.69) is 31.1 Å². The second-order valence-corrected chi connectivity index (χ2v) is 10.2. The molecule has 8 heteroatoms. The summed E-state index contributed by atoms with van der Waals surface area (Å²) in [5.41, 5.74) is 0.913. The standard InChI is InChI=1S/C14H21N3O3S2/c1-14(2,3)11-6-21-12(15-11)16-13(18)17-4-9-7-22(19,20)8-10(9)5-17/h6,9-10H,4-5,7-8H2,1-3H3,(H,15,16,18)/t9-,10+. The molecule has 0 spiro atoms. The molecule has 0 unspecified atom stereocenters. The maximum absolute atomic E-state index is 12.3. The van der Waals surface area contributed by atoms with Crippen LogP contribution in [0.2, 0.25) is 0 Å². The molecule has 0 aromatic carbocycles. The van der Waals surface area contributed by atoms with Crippen LogP contribution in [0.25, 0.3) is 0 Å². The van der Waals surface area contributed by atoms with Crippen molar-refractivity contribution >= 4 is 32.3 Å². The highest BCUT2D eigenvalue weighted by Crippen LogP contribution is 2.33. The molecule has 6 nitrogen and oxygen atoms in total. The highest BCUT2D eigenvalue weighted by atomic mass is 32.2. The van der Waals surface area contributed by atoms with E-state index in [0.29, 0.717) is 18.2 Å². The van der Waals surface area contributed by atoms with Crippen LogP contribution in [0.5, 0.6) is 0 Å². The molecule has 2 aliphatic heterocycles. The summed E-state index contributed by atoms with van der Waals surface area (Å²) >= 11 is 1.42. The van der Waals surface area contributed by atoms with E-state index in [-0.39, 0.29) is 34.8 Å². The number of hydrogen-bond acceptors (Lipinski definition) is 5. The topological polar surface area (TPSA) is 79.4 Å². The number of aromatic nitrogens is 1. The number of anilines is 1. The molecule has 2 fully saturated rings. The van der Waals surface area contributed by atoms with Crippen LogP contribution in [0, 0.1) is 11.8 Å². The number of urea groups is 1. The molecule has 2 amide bonds. The molecule has 1 aromatic rings. The van der Waals surface area contributed by atoms with E-state index in [9.17, 15) is 13.2 Å². The first-order valence-electron chi connectivity index (χ1n) is 7.36. The van der Waals surface area contributed by atoms with Gasteiger partial charge in [0.2, 0.25) is 0 Å². The Morgan fingerprint density at radius 3 is 2.41 bits per heavy atom. The quantitative estimate of drug-likeness (QED) is 0.845. The molecule has 2 aliphatic rings. The minimum Gasteiger partial charge on any atom is -0.324 e. The van der Waals surface area contributed by atoms with Crippen LogP contribution in [0.1, 0.15) is 26.5 Å². The first kappa shape index (κ1) is 15.7. The molecule has 0 bridgehead atoms. The number of rotatable bonds is 1. The Kier molecular flexibility index (Phi) is 3.71. The number of nitrogens with one attached hydrogen (secondary N) is 1. The summed E-state index contributed by atoms with van der Waals surface area (Å²) in [5, 5.41) is 5.39. The van der Waals surface area contributed by atoms with Crippen LogP contribution >= 0.6 is 11.3 Å². The summed E-state index contributed by atoms with van der Waals surface area (Å²) in [5.74, 6) is 0.620. The van der Waals surface area contributed by atoms with Gasteiger partial charge >= 0.3 is 6.03 Å². The van der Waals surface area contributed by atoms with Gasteiger partial charge in [0.05, 0.1) is 17.2 Å². The normalized spacial score (nSPS) is 27.0. The van der Waals surface area contributed by atoms with Gasteiger partial charge < -0.3 is 4.90 Å². The summed E-state index contributed by atoms with van der Waals surface area (Å²) in [6, 6.07) is -0.179. The first-order chi connectivity index (χ1) is 10.1. The summed E-state index contributed by atoms with van der Waals surface area (Å²) in [7, 11) is -2.90. The lowest BCUT2D eigenvalue weighted by Gasteiger charge is -2.17. The van der Waals surface area contributed by atoms with E-state index in [4.69, 9.17) is 0 Å². The number of likely N-dealkylation sites (tertiary alicyclic amines) is 1. The summed E-state index contributed by atoms with van der Waals surface area (Å²) < 4.78 is 23.2. The van der Waals surface area contributed by atoms with Gasteiger partial charge in [-0.3, -0.25) is 5.32 Å². The molecule has 1 aromatic heterocycles. The zero-order chi connectivity index (χ0) is 16.1. The molecule has 0 radical (unpaired) electrons. The molecule has 122 valence electrons. The predicted octanol–water partition coefficient (Wildman–Crippen LogP) is 1.95. The highest BCUT2D eigenvalue weighted by Gasteiger charge is 2.45. The largest absolute Gasteiger partial charge is 0.324 e. The molecule has 3 heterocycles. The fraction of sp³-hybridized carbons (Fsp3) is 0.714. The number of sulfone groups is 1. The molecule has 2 atom stereocenters. The lowest BCUT2D eigenvalue weighted by molar-refractivity contribution is 0.220. The molecule has 2 saturated heterocycles. The molecular weight excluding hydrogens is 322 g/mol. The summed E-state index contributed by atoms with van der Waals surface area (Å²) in [6.07, 6.45) is 0. The van der Waals surface area contributed by atoms with Crippen molar-refractivity contribution in [3.63, 3.8) is 0 Å². The van der Waals surface area contributed by atoms with Crippen molar-refractivity contribution in [2.75, 3.05) is 29.9 Å². The molecule has 3 rings (SSSR count). The van der Waals surface area contributed by atoms with Crippen LogP contribution in [-0.2, 0) is 15.3 Å². The summed E-state index contributed by atoms with van der Waals surface area (Å²) in [4.78, 5) is 18.5. The second-order valence-electron chi connectivity index (χ2n) is 7.22. The Balaban J connectivity index is 1.61. The number of fused-ring (bicyclic) bond motifs is 1. The Bertz CT molecular complexity index is 670.